The summed E-state index contributed by atoms with van der Waals surface area (Å²) >= 11 is 0. The van der Waals surface area contributed by atoms with Crippen LogP contribution in [-0.2, 0) is 22.6 Å². The van der Waals surface area contributed by atoms with Crippen molar-refractivity contribution in [1.82, 2.24) is 10.6 Å². The molecule has 2 amide bonds. The van der Waals surface area contributed by atoms with Crippen molar-refractivity contribution in [2.75, 3.05) is 12.4 Å². The second-order valence-electron chi connectivity index (χ2n) is 7.35. The fraction of sp³-hybridized carbons (Fsp3) is 0.364. The SMILES string of the molecule is COc1ccc(NC(=O)[C@@H](NC(=O)[C@@H]2Cc3ccccc3CN2)C(C)C)cc1.Cl. The average Bonchev–Trinajstić information content (AvgIpc) is 2.71. The van der Waals surface area contributed by atoms with E-state index in [4.69, 9.17) is 4.74 Å². The number of hydrogen-bond acceptors (Lipinski definition) is 4. The Bertz CT molecular complexity index is 839. The highest BCUT2D eigenvalue weighted by molar-refractivity contribution is 5.98. The second kappa shape index (κ2) is 10.3. The van der Waals surface area contributed by atoms with Crippen LogP contribution in [0.2, 0.25) is 0 Å². The van der Waals surface area contributed by atoms with Gasteiger partial charge in [0.15, 0.2) is 0 Å². The number of carbonyl (C=O) groups is 2. The van der Waals surface area contributed by atoms with Crippen LogP contribution in [0, 0.1) is 5.92 Å². The van der Waals surface area contributed by atoms with Gasteiger partial charge >= 0.3 is 0 Å². The monoisotopic (exact) mass is 417 g/mol. The zero-order valence-corrected chi connectivity index (χ0v) is 17.7. The molecular weight excluding hydrogens is 390 g/mol. The molecule has 0 fully saturated rings. The maximum Gasteiger partial charge on any atom is 0.247 e. The minimum atomic E-state index is -0.617. The maximum atomic E-state index is 12.8. The van der Waals surface area contributed by atoms with E-state index >= 15 is 0 Å². The number of anilines is 1. The molecule has 0 spiro atoms. The summed E-state index contributed by atoms with van der Waals surface area (Å²) in [6, 6.07) is 14.2. The normalized spacial score (nSPS) is 16.2. The molecule has 1 heterocycles. The zero-order chi connectivity index (χ0) is 20.1. The van der Waals surface area contributed by atoms with E-state index in [1.54, 1.807) is 31.4 Å². The van der Waals surface area contributed by atoms with Crippen molar-refractivity contribution in [3.05, 3.63) is 59.7 Å². The molecule has 156 valence electrons. The third kappa shape index (κ3) is 5.71. The first-order valence-electron chi connectivity index (χ1n) is 9.53. The molecule has 0 bridgehead atoms. The van der Waals surface area contributed by atoms with Gasteiger partial charge in [-0.05, 0) is 47.7 Å². The van der Waals surface area contributed by atoms with Crippen LogP contribution in [0.4, 0.5) is 5.69 Å². The van der Waals surface area contributed by atoms with E-state index in [0.717, 1.165) is 5.75 Å². The lowest BCUT2D eigenvalue weighted by Gasteiger charge is -2.28. The van der Waals surface area contributed by atoms with Crippen molar-refractivity contribution in [2.24, 2.45) is 5.92 Å². The van der Waals surface area contributed by atoms with Crippen LogP contribution in [-0.4, -0.2) is 31.0 Å². The van der Waals surface area contributed by atoms with E-state index in [-0.39, 0.29) is 36.2 Å². The fourth-order valence-electron chi connectivity index (χ4n) is 3.32. The van der Waals surface area contributed by atoms with Crippen LogP contribution >= 0.6 is 12.4 Å². The van der Waals surface area contributed by atoms with Crippen LogP contribution < -0.4 is 20.7 Å². The minimum absolute atomic E-state index is 0. The number of methoxy groups -OCH3 is 1. The first kappa shape index (κ1) is 22.7. The number of nitrogens with one attached hydrogen (secondary N) is 3. The highest BCUT2D eigenvalue weighted by Crippen LogP contribution is 2.18. The number of ether oxygens (including phenoxy) is 1. The lowest BCUT2D eigenvalue weighted by Crippen LogP contribution is -2.54. The molecule has 3 N–H and O–H groups in total. The third-order valence-corrected chi connectivity index (χ3v) is 5.00. The lowest BCUT2D eigenvalue weighted by molar-refractivity contribution is -0.128. The summed E-state index contributed by atoms with van der Waals surface area (Å²) in [5.74, 6) is 0.288. The van der Waals surface area contributed by atoms with E-state index in [9.17, 15) is 9.59 Å². The van der Waals surface area contributed by atoms with Gasteiger partial charge in [-0.3, -0.25) is 9.59 Å². The molecule has 0 saturated carbocycles. The lowest BCUT2D eigenvalue weighted by atomic mass is 9.94. The Morgan fingerprint density at radius 2 is 1.72 bits per heavy atom. The molecule has 29 heavy (non-hydrogen) atoms. The Morgan fingerprint density at radius 3 is 2.34 bits per heavy atom. The van der Waals surface area contributed by atoms with Crippen LogP contribution in [0.25, 0.3) is 0 Å². The van der Waals surface area contributed by atoms with Gasteiger partial charge in [0.25, 0.3) is 0 Å². The molecule has 0 aromatic heterocycles. The van der Waals surface area contributed by atoms with Crippen LogP contribution in [0.1, 0.15) is 25.0 Å². The van der Waals surface area contributed by atoms with E-state index in [1.165, 1.54) is 11.1 Å². The molecule has 2 aromatic carbocycles. The average molecular weight is 418 g/mol. The molecule has 0 aliphatic carbocycles. The van der Waals surface area contributed by atoms with Gasteiger partial charge in [-0.25, -0.2) is 0 Å². The first-order chi connectivity index (χ1) is 13.5. The smallest absolute Gasteiger partial charge is 0.247 e. The topological polar surface area (TPSA) is 79.5 Å². The molecule has 7 heteroatoms. The number of carbonyl (C=O) groups excluding carboxylic acids is 2. The third-order valence-electron chi connectivity index (χ3n) is 5.00. The Labute approximate surface area is 177 Å². The Balaban J connectivity index is 0.00000300. The molecule has 1 aliphatic heterocycles. The highest BCUT2D eigenvalue weighted by atomic mass is 35.5. The molecule has 0 radical (unpaired) electrons. The van der Waals surface area contributed by atoms with Crippen molar-refractivity contribution >= 4 is 29.9 Å². The van der Waals surface area contributed by atoms with Crippen molar-refractivity contribution in [1.29, 1.82) is 0 Å². The minimum Gasteiger partial charge on any atom is -0.497 e. The molecule has 2 aromatic rings. The number of halogens is 1. The summed E-state index contributed by atoms with van der Waals surface area (Å²) in [5.41, 5.74) is 3.05. The largest absolute Gasteiger partial charge is 0.497 e. The van der Waals surface area contributed by atoms with Gasteiger partial charge in [0, 0.05) is 12.2 Å². The Kier molecular flexibility index (Phi) is 8.05. The summed E-state index contributed by atoms with van der Waals surface area (Å²) in [7, 11) is 1.59. The Hall–Kier alpha value is -2.57. The van der Waals surface area contributed by atoms with E-state index in [0.29, 0.717) is 18.7 Å². The summed E-state index contributed by atoms with van der Waals surface area (Å²) in [5, 5.41) is 9.05. The molecule has 0 unspecified atom stereocenters. The van der Waals surface area contributed by atoms with Gasteiger partial charge in [-0.15, -0.1) is 12.4 Å². The summed E-state index contributed by atoms with van der Waals surface area (Å²) in [6.07, 6.45) is 0.618. The van der Waals surface area contributed by atoms with Crippen molar-refractivity contribution in [2.45, 2.75) is 38.9 Å². The number of fused-ring (bicyclic) bond motifs is 1. The standard InChI is InChI=1S/C22H27N3O3.ClH/c1-14(2)20(22(27)24-17-8-10-18(28-3)11-9-17)25-21(26)19-12-15-6-4-5-7-16(15)13-23-19;/h4-11,14,19-20,23H,12-13H2,1-3H3,(H,24,27)(H,25,26);1H/t19-,20-;/m0./s1. The van der Waals surface area contributed by atoms with Gasteiger partial charge in [0.1, 0.15) is 11.8 Å². The molecule has 2 atom stereocenters. The van der Waals surface area contributed by atoms with E-state index < -0.39 is 6.04 Å². The van der Waals surface area contributed by atoms with Crippen molar-refractivity contribution in [3.63, 3.8) is 0 Å². The molecule has 3 rings (SSSR count). The van der Waals surface area contributed by atoms with E-state index in [1.807, 2.05) is 32.0 Å². The van der Waals surface area contributed by atoms with Gasteiger partial charge in [-0.1, -0.05) is 38.1 Å². The van der Waals surface area contributed by atoms with Crippen LogP contribution in [0.3, 0.4) is 0 Å². The van der Waals surface area contributed by atoms with E-state index in [2.05, 4.69) is 22.0 Å². The molecular formula is C22H28ClN3O3. The number of hydrogen-bond donors (Lipinski definition) is 3. The zero-order valence-electron chi connectivity index (χ0n) is 16.9. The summed E-state index contributed by atoms with van der Waals surface area (Å²) < 4.78 is 5.13. The van der Waals surface area contributed by atoms with Crippen molar-refractivity contribution in [3.8, 4) is 5.75 Å². The summed E-state index contributed by atoms with van der Waals surface area (Å²) in [4.78, 5) is 25.5. The molecule has 0 saturated heterocycles. The van der Waals surface area contributed by atoms with Crippen molar-refractivity contribution < 1.29 is 14.3 Å². The van der Waals surface area contributed by atoms with Gasteiger partial charge < -0.3 is 20.7 Å². The molecule has 6 nitrogen and oxygen atoms in total. The summed E-state index contributed by atoms with van der Waals surface area (Å²) in [6.45, 7) is 4.49. The van der Waals surface area contributed by atoms with Gasteiger partial charge in [0.05, 0.1) is 13.2 Å². The highest BCUT2D eigenvalue weighted by Gasteiger charge is 2.29. The predicted molar refractivity (Wildman–Crippen MR) is 116 cm³/mol. The van der Waals surface area contributed by atoms with Gasteiger partial charge in [-0.2, -0.15) is 0 Å². The maximum absolute atomic E-state index is 12.8. The van der Waals surface area contributed by atoms with Gasteiger partial charge in [0.2, 0.25) is 11.8 Å². The second-order valence-corrected chi connectivity index (χ2v) is 7.35. The van der Waals surface area contributed by atoms with Crippen LogP contribution in [0.15, 0.2) is 48.5 Å². The fourth-order valence-corrected chi connectivity index (χ4v) is 3.32. The number of amides is 2. The first-order valence-corrected chi connectivity index (χ1v) is 9.53. The quantitative estimate of drug-likeness (QED) is 0.675. The number of benzene rings is 2. The Morgan fingerprint density at radius 1 is 1.07 bits per heavy atom. The molecule has 1 aliphatic rings. The predicted octanol–water partition coefficient (Wildman–Crippen LogP) is 2.91. The van der Waals surface area contributed by atoms with Crippen LogP contribution in [0.5, 0.6) is 5.75 Å². The number of rotatable bonds is 6.